The van der Waals surface area contributed by atoms with Crippen molar-refractivity contribution < 1.29 is 4.74 Å². The van der Waals surface area contributed by atoms with Gasteiger partial charge in [-0.3, -0.25) is 0 Å². The molecule has 98 valence electrons. The van der Waals surface area contributed by atoms with Crippen LogP contribution in [0.15, 0.2) is 36.4 Å². The molecule has 1 fully saturated rings. The molecule has 2 heteroatoms. The molecule has 0 saturated carbocycles. The zero-order chi connectivity index (χ0) is 13.1. The molecule has 4 rings (SSSR count). The summed E-state index contributed by atoms with van der Waals surface area (Å²) in [5.74, 6) is 2.65. The maximum absolute atomic E-state index is 5.90. The number of terminal acetylenes is 1. The lowest BCUT2D eigenvalue weighted by molar-refractivity contribution is -0.0800. The van der Waals surface area contributed by atoms with E-state index in [1.54, 1.807) is 0 Å². The molecule has 0 radical (unpaired) electrons. The minimum absolute atomic E-state index is 0.0387. The van der Waals surface area contributed by atoms with E-state index in [9.17, 15) is 0 Å². The lowest BCUT2D eigenvalue weighted by atomic mass is 9.86. The van der Waals surface area contributed by atoms with Gasteiger partial charge in [-0.05, 0) is 49.6 Å². The summed E-state index contributed by atoms with van der Waals surface area (Å²) in [6.45, 7) is 2.09. The minimum atomic E-state index is -0.105. The van der Waals surface area contributed by atoms with Gasteiger partial charge in [0, 0.05) is 0 Å². The molecule has 1 saturated heterocycles. The highest BCUT2D eigenvalue weighted by Gasteiger charge is 2.35. The smallest absolute Gasteiger partial charge is 0.137 e. The summed E-state index contributed by atoms with van der Waals surface area (Å²) >= 11 is 0. The van der Waals surface area contributed by atoms with E-state index in [1.807, 2.05) is 6.08 Å². The van der Waals surface area contributed by atoms with E-state index in [4.69, 9.17) is 11.2 Å². The van der Waals surface area contributed by atoms with E-state index < -0.39 is 0 Å². The monoisotopic (exact) mass is 253 g/mol. The predicted octanol–water partition coefficient (Wildman–Crippen LogP) is 2.75. The number of nitrogens with one attached hydrogen (secondary N) is 1. The highest BCUT2D eigenvalue weighted by molar-refractivity contribution is 5.75. The molecular weight excluding hydrogens is 234 g/mol. The topological polar surface area (TPSA) is 21.3 Å². The first-order chi connectivity index (χ1) is 9.31. The molecule has 1 spiro atoms. The fraction of sp³-hybridized carbons (Fsp3) is 0.412. The van der Waals surface area contributed by atoms with Crippen LogP contribution in [0.4, 0.5) is 0 Å². The number of rotatable bonds is 0. The number of ether oxygens (including phenoxy) is 1. The van der Waals surface area contributed by atoms with Crippen LogP contribution >= 0.6 is 0 Å². The van der Waals surface area contributed by atoms with Crippen molar-refractivity contribution in [2.45, 2.75) is 31.0 Å². The van der Waals surface area contributed by atoms with Crippen LogP contribution in [0.2, 0.25) is 0 Å². The van der Waals surface area contributed by atoms with Gasteiger partial charge >= 0.3 is 0 Å². The highest BCUT2D eigenvalue weighted by Crippen LogP contribution is 2.32. The van der Waals surface area contributed by atoms with Gasteiger partial charge in [0.05, 0.1) is 5.60 Å². The van der Waals surface area contributed by atoms with Crippen molar-refractivity contribution in [1.29, 1.82) is 0 Å². The maximum atomic E-state index is 5.90. The lowest BCUT2D eigenvalue weighted by Crippen LogP contribution is -2.46. The molecule has 4 aliphatic rings. The van der Waals surface area contributed by atoms with Crippen molar-refractivity contribution >= 4 is 0 Å². The van der Waals surface area contributed by atoms with Gasteiger partial charge in [-0.2, -0.15) is 0 Å². The third kappa shape index (κ3) is 2.58. The van der Waals surface area contributed by atoms with Crippen molar-refractivity contribution in [2.75, 3.05) is 13.1 Å². The summed E-state index contributed by atoms with van der Waals surface area (Å²) in [7, 11) is 0. The molecular formula is C17H19NO. The zero-order valence-corrected chi connectivity index (χ0v) is 11.1. The molecule has 2 aliphatic heterocycles. The summed E-state index contributed by atoms with van der Waals surface area (Å²) in [5.41, 5.74) is 2.89. The fourth-order valence-corrected chi connectivity index (χ4v) is 2.72. The summed E-state index contributed by atoms with van der Waals surface area (Å²) in [6, 6.07) is 8.48. The second-order valence-electron chi connectivity index (χ2n) is 5.35. The Morgan fingerprint density at radius 3 is 2.26 bits per heavy atom. The van der Waals surface area contributed by atoms with Crippen LogP contribution in [-0.2, 0) is 4.74 Å². The fourth-order valence-electron chi connectivity index (χ4n) is 2.72. The van der Waals surface area contributed by atoms with E-state index in [0.717, 1.165) is 32.4 Å². The number of hydrogen-bond acceptors (Lipinski definition) is 2. The summed E-state index contributed by atoms with van der Waals surface area (Å²) < 4.78 is 5.90. The zero-order valence-electron chi connectivity index (χ0n) is 11.1. The largest absolute Gasteiger partial charge is 0.355 e. The molecule has 2 heterocycles. The van der Waals surface area contributed by atoms with E-state index in [0.29, 0.717) is 0 Å². The molecule has 1 atom stereocenters. The molecule has 2 aliphatic carbocycles. The van der Waals surface area contributed by atoms with Crippen LogP contribution in [0, 0.1) is 12.3 Å². The summed E-state index contributed by atoms with van der Waals surface area (Å²) in [6.07, 6.45) is 12.6. The van der Waals surface area contributed by atoms with Crippen molar-refractivity contribution in [1.82, 2.24) is 5.32 Å². The van der Waals surface area contributed by atoms with E-state index in [-0.39, 0.29) is 11.7 Å². The third-order valence-corrected chi connectivity index (χ3v) is 4.07. The molecule has 1 unspecified atom stereocenters. The molecule has 0 aromatic heterocycles. The quantitative estimate of drug-likeness (QED) is 0.576. The van der Waals surface area contributed by atoms with Crippen molar-refractivity contribution in [2.24, 2.45) is 0 Å². The number of piperidine rings is 1. The van der Waals surface area contributed by atoms with Crippen molar-refractivity contribution in [3.63, 3.8) is 0 Å². The van der Waals surface area contributed by atoms with Crippen LogP contribution in [0.25, 0.3) is 11.1 Å². The van der Waals surface area contributed by atoms with Gasteiger partial charge < -0.3 is 10.1 Å². The molecule has 0 aromatic carbocycles. The number of benzene rings is 1. The molecule has 0 amide bonds. The first-order valence-corrected chi connectivity index (χ1v) is 6.93. The Bertz CT molecular complexity index is 482. The Kier molecular flexibility index (Phi) is 3.42. The average molecular weight is 253 g/mol. The molecule has 1 N–H and O–H groups in total. The van der Waals surface area contributed by atoms with Crippen LogP contribution in [0.1, 0.15) is 19.3 Å². The van der Waals surface area contributed by atoms with Crippen molar-refractivity contribution in [3.05, 3.63) is 36.4 Å². The van der Waals surface area contributed by atoms with Crippen LogP contribution in [-0.4, -0.2) is 24.8 Å². The molecule has 0 aromatic rings. The number of hydrogen-bond donors (Lipinski definition) is 1. The standard InChI is InChI=1S/C11H15NO.C6H4/c1-2-10-4-3-5-11(13-10)6-8-12-9-7-11;1-2-6-4-3-5(1)6/h1,3-4,10,12H,5-9H2;1-4H. The van der Waals surface area contributed by atoms with Crippen molar-refractivity contribution in [3.8, 4) is 23.5 Å². The Morgan fingerprint density at radius 2 is 1.79 bits per heavy atom. The second-order valence-corrected chi connectivity index (χ2v) is 5.35. The SMILES string of the molecule is C#CC1C=CCC2(CCNCC2)O1.c1cc2ccc1-2. The second kappa shape index (κ2) is 5.21. The van der Waals surface area contributed by atoms with Gasteiger partial charge in [0.15, 0.2) is 0 Å². The first-order valence-electron chi connectivity index (χ1n) is 6.93. The minimum Gasteiger partial charge on any atom is -0.355 e. The molecule has 0 bridgehead atoms. The van der Waals surface area contributed by atoms with Gasteiger partial charge in [0.2, 0.25) is 0 Å². The van der Waals surface area contributed by atoms with E-state index in [2.05, 4.69) is 41.6 Å². The lowest BCUT2D eigenvalue weighted by Gasteiger charge is -2.40. The highest BCUT2D eigenvalue weighted by atomic mass is 16.5. The van der Waals surface area contributed by atoms with Gasteiger partial charge in [-0.1, -0.05) is 36.3 Å². The summed E-state index contributed by atoms with van der Waals surface area (Å²) in [5, 5.41) is 3.33. The maximum Gasteiger partial charge on any atom is 0.137 e. The Morgan fingerprint density at radius 1 is 1.16 bits per heavy atom. The Labute approximate surface area is 114 Å². The first kappa shape index (κ1) is 12.5. The van der Waals surface area contributed by atoms with Crippen LogP contribution < -0.4 is 5.32 Å². The van der Waals surface area contributed by atoms with Gasteiger partial charge in [-0.25, -0.2) is 0 Å². The average Bonchev–Trinajstić information content (AvgIpc) is 2.44. The Balaban J connectivity index is 0.000000151. The summed E-state index contributed by atoms with van der Waals surface area (Å²) in [4.78, 5) is 0. The van der Waals surface area contributed by atoms with Gasteiger partial charge in [0.25, 0.3) is 0 Å². The predicted molar refractivity (Wildman–Crippen MR) is 77.7 cm³/mol. The van der Waals surface area contributed by atoms with E-state index >= 15 is 0 Å². The van der Waals surface area contributed by atoms with Gasteiger partial charge in [0.1, 0.15) is 6.10 Å². The number of fused-ring (bicyclic) bond motifs is 1. The molecule has 2 nitrogen and oxygen atoms in total. The van der Waals surface area contributed by atoms with Crippen LogP contribution in [0.5, 0.6) is 0 Å². The van der Waals surface area contributed by atoms with Crippen LogP contribution in [0.3, 0.4) is 0 Å². The normalized spacial score (nSPS) is 25.1. The Hall–Kier alpha value is -1.56. The van der Waals surface area contributed by atoms with Gasteiger partial charge in [-0.15, -0.1) is 6.42 Å². The third-order valence-electron chi connectivity index (χ3n) is 4.07. The molecule has 19 heavy (non-hydrogen) atoms. The van der Waals surface area contributed by atoms with E-state index in [1.165, 1.54) is 11.1 Å².